The molecule has 3 rings (SSSR count). The fourth-order valence-corrected chi connectivity index (χ4v) is 2.80. The minimum atomic E-state index is -4.31. The van der Waals surface area contributed by atoms with E-state index in [0.29, 0.717) is 11.9 Å². The standard InChI is InChI=1S/C18H16F3N/c1-12-13(2)22(11-14-6-4-3-5-7-14)17-9-8-15(10-16(12)17)18(19,20)21/h3-10H,11H2,1-2H3. The average molecular weight is 303 g/mol. The van der Waals surface area contributed by atoms with E-state index < -0.39 is 11.7 Å². The number of aryl methyl sites for hydroxylation is 1. The fraction of sp³-hybridized carbons (Fsp3) is 0.222. The van der Waals surface area contributed by atoms with Crippen LogP contribution in [-0.2, 0) is 12.7 Å². The van der Waals surface area contributed by atoms with E-state index in [1.165, 1.54) is 6.07 Å². The van der Waals surface area contributed by atoms with Gasteiger partial charge in [-0.3, -0.25) is 0 Å². The zero-order valence-corrected chi connectivity index (χ0v) is 12.4. The van der Waals surface area contributed by atoms with Gasteiger partial charge in [0.05, 0.1) is 5.56 Å². The van der Waals surface area contributed by atoms with Crippen LogP contribution in [0.5, 0.6) is 0 Å². The van der Waals surface area contributed by atoms with Crippen LogP contribution < -0.4 is 0 Å². The highest BCUT2D eigenvalue weighted by Crippen LogP contribution is 2.34. The van der Waals surface area contributed by atoms with E-state index in [2.05, 4.69) is 4.57 Å². The van der Waals surface area contributed by atoms with Crippen molar-refractivity contribution in [1.82, 2.24) is 4.57 Å². The van der Waals surface area contributed by atoms with Gasteiger partial charge >= 0.3 is 6.18 Å². The first kappa shape index (κ1) is 14.7. The van der Waals surface area contributed by atoms with E-state index in [0.717, 1.165) is 28.4 Å². The molecule has 0 radical (unpaired) electrons. The van der Waals surface area contributed by atoms with Crippen molar-refractivity contribution in [2.75, 3.05) is 0 Å². The van der Waals surface area contributed by atoms with Crippen molar-refractivity contribution in [1.29, 1.82) is 0 Å². The minimum Gasteiger partial charge on any atom is -0.340 e. The zero-order valence-electron chi connectivity index (χ0n) is 12.4. The van der Waals surface area contributed by atoms with E-state index in [-0.39, 0.29) is 0 Å². The Labute approximate surface area is 127 Å². The number of halogens is 3. The van der Waals surface area contributed by atoms with Crippen molar-refractivity contribution in [3.8, 4) is 0 Å². The normalized spacial score (nSPS) is 12.0. The molecule has 1 nitrogen and oxygen atoms in total. The van der Waals surface area contributed by atoms with Crippen molar-refractivity contribution < 1.29 is 13.2 Å². The topological polar surface area (TPSA) is 4.93 Å². The lowest BCUT2D eigenvalue weighted by atomic mass is 10.1. The predicted molar refractivity (Wildman–Crippen MR) is 82.0 cm³/mol. The number of fused-ring (bicyclic) bond motifs is 1. The summed E-state index contributed by atoms with van der Waals surface area (Å²) in [5.74, 6) is 0. The van der Waals surface area contributed by atoms with Gasteiger partial charge in [-0.25, -0.2) is 0 Å². The highest BCUT2D eigenvalue weighted by Gasteiger charge is 2.31. The van der Waals surface area contributed by atoms with Crippen molar-refractivity contribution in [3.05, 3.63) is 70.9 Å². The maximum Gasteiger partial charge on any atom is 0.416 e. The monoisotopic (exact) mass is 303 g/mol. The highest BCUT2D eigenvalue weighted by atomic mass is 19.4. The molecule has 1 heterocycles. The van der Waals surface area contributed by atoms with Gasteiger partial charge in [-0.1, -0.05) is 30.3 Å². The molecule has 0 unspecified atom stereocenters. The van der Waals surface area contributed by atoms with Crippen molar-refractivity contribution in [2.45, 2.75) is 26.6 Å². The fourth-order valence-electron chi connectivity index (χ4n) is 2.80. The summed E-state index contributed by atoms with van der Waals surface area (Å²) in [7, 11) is 0. The molecule has 4 heteroatoms. The molecule has 0 aliphatic heterocycles. The Balaban J connectivity index is 2.14. The molecule has 0 saturated carbocycles. The van der Waals surface area contributed by atoms with Gasteiger partial charge in [-0.2, -0.15) is 13.2 Å². The molecule has 3 aromatic rings. The first-order valence-corrected chi connectivity index (χ1v) is 7.08. The van der Waals surface area contributed by atoms with E-state index in [4.69, 9.17) is 0 Å². The maximum atomic E-state index is 12.9. The molecule has 0 atom stereocenters. The minimum absolute atomic E-state index is 0.597. The van der Waals surface area contributed by atoms with Gasteiger partial charge in [0.15, 0.2) is 0 Å². The van der Waals surface area contributed by atoms with E-state index in [9.17, 15) is 13.2 Å². The van der Waals surface area contributed by atoms with Crippen molar-refractivity contribution >= 4 is 10.9 Å². The first-order chi connectivity index (χ1) is 10.4. The van der Waals surface area contributed by atoms with Crippen LogP contribution in [-0.4, -0.2) is 4.57 Å². The molecule has 0 saturated heterocycles. The lowest BCUT2D eigenvalue weighted by molar-refractivity contribution is -0.137. The Bertz CT molecular complexity index is 814. The van der Waals surface area contributed by atoms with Gasteiger partial charge < -0.3 is 4.57 Å². The van der Waals surface area contributed by atoms with E-state index >= 15 is 0 Å². The van der Waals surface area contributed by atoms with Gasteiger partial charge in [0.25, 0.3) is 0 Å². The molecule has 0 fully saturated rings. The molecular weight excluding hydrogens is 287 g/mol. The number of alkyl halides is 3. The van der Waals surface area contributed by atoms with Crippen LogP contribution in [0, 0.1) is 13.8 Å². The third kappa shape index (κ3) is 2.49. The second-order valence-corrected chi connectivity index (χ2v) is 5.51. The Morgan fingerprint density at radius 2 is 1.64 bits per heavy atom. The summed E-state index contributed by atoms with van der Waals surface area (Å²) < 4.78 is 40.8. The Hall–Kier alpha value is -2.23. The third-order valence-corrected chi connectivity index (χ3v) is 4.15. The molecule has 0 N–H and O–H groups in total. The zero-order chi connectivity index (χ0) is 15.9. The second kappa shape index (κ2) is 5.20. The molecule has 114 valence electrons. The van der Waals surface area contributed by atoms with Gasteiger partial charge in [-0.05, 0) is 43.2 Å². The molecule has 0 bridgehead atoms. The van der Waals surface area contributed by atoms with Crippen LogP contribution in [0.1, 0.15) is 22.4 Å². The highest BCUT2D eigenvalue weighted by molar-refractivity contribution is 5.86. The maximum absolute atomic E-state index is 12.9. The smallest absolute Gasteiger partial charge is 0.340 e. The number of aromatic nitrogens is 1. The SMILES string of the molecule is Cc1c(C)n(Cc2ccccc2)c2ccc(C(F)(F)F)cc12. The lowest BCUT2D eigenvalue weighted by Gasteiger charge is -2.10. The largest absolute Gasteiger partial charge is 0.416 e. The van der Waals surface area contributed by atoms with E-state index in [1.807, 2.05) is 44.2 Å². The number of nitrogens with zero attached hydrogens (tertiary/aromatic N) is 1. The Kier molecular flexibility index (Phi) is 3.47. The first-order valence-electron chi connectivity index (χ1n) is 7.08. The van der Waals surface area contributed by atoms with Crippen molar-refractivity contribution in [2.24, 2.45) is 0 Å². The van der Waals surface area contributed by atoms with Gasteiger partial charge in [-0.15, -0.1) is 0 Å². The number of rotatable bonds is 2. The summed E-state index contributed by atoms with van der Waals surface area (Å²) in [5, 5.41) is 0.670. The predicted octanol–water partition coefficient (Wildman–Crippen LogP) is 5.33. The summed E-state index contributed by atoms with van der Waals surface area (Å²) in [6, 6.07) is 13.9. The van der Waals surface area contributed by atoms with Gasteiger partial charge in [0.2, 0.25) is 0 Å². The van der Waals surface area contributed by atoms with Crippen LogP contribution in [0.3, 0.4) is 0 Å². The Morgan fingerprint density at radius 1 is 0.955 bits per heavy atom. The third-order valence-electron chi connectivity index (χ3n) is 4.15. The molecule has 0 aliphatic rings. The summed E-state index contributed by atoms with van der Waals surface area (Å²) in [6.07, 6.45) is -4.31. The molecule has 22 heavy (non-hydrogen) atoms. The van der Waals surface area contributed by atoms with Crippen LogP contribution in [0.2, 0.25) is 0 Å². The summed E-state index contributed by atoms with van der Waals surface area (Å²) in [6.45, 7) is 4.48. The van der Waals surface area contributed by atoms with Crippen molar-refractivity contribution in [3.63, 3.8) is 0 Å². The summed E-state index contributed by atoms with van der Waals surface area (Å²) >= 11 is 0. The van der Waals surface area contributed by atoms with Crippen LogP contribution >= 0.6 is 0 Å². The lowest BCUT2D eigenvalue weighted by Crippen LogP contribution is -2.05. The van der Waals surface area contributed by atoms with Crippen LogP contribution in [0.4, 0.5) is 13.2 Å². The Morgan fingerprint density at radius 3 is 2.27 bits per heavy atom. The summed E-state index contributed by atoms with van der Waals surface area (Å²) in [5.41, 5.74) is 3.27. The molecular formula is C18H16F3N. The van der Waals surface area contributed by atoms with Gasteiger partial charge in [0.1, 0.15) is 0 Å². The molecule has 2 aromatic carbocycles. The quantitative estimate of drug-likeness (QED) is 0.603. The van der Waals surface area contributed by atoms with Crippen LogP contribution in [0.25, 0.3) is 10.9 Å². The van der Waals surface area contributed by atoms with Crippen LogP contribution in [0.15, 0.2) is 48.5 Å². The number of benzene rings is 2. The second-order valence-electron chi connectivity index (χ2n) is 5.51. The molecule has 0 amide bonds. The number of hydrogen-bond acceptors (Lipinski definition) is 0. The van der Waals surface area contributed by atoms with E-state index in [1.54, 1.807) is 6.07 Å². The molecule has 0 aliphatic carbocycles. The molecule has 0 spiro atoms. The summed E-state index contributed by atoms with van der Waals surface area (Å²) in [4.78, 5) is 0. The average Bonchev–Trinajstić information content (AvgIpc) is 2.72. The van der Waals surface area contributed by atoms with Gasteiger partial charge in [0, 0.05) is 23.1 Å². The number of hydrogen-bond donors (Lipinski definition) is 0. The molecule has 1 aromatic heterocycles.